The first-order chi connectivity index (χ1) is 8.80. The molecule has 0 aliphatic rings. The highest BCUT2D eigenvalue weighted by molar-refractivity contribution is 8.00. The fourth-order valence-corrected chi connectivity index (χ4v) is 2.71. The topological polar surface area (TPSA) is 71.1 Å². The summed E-state index contributed by atoms with van der Waals surface area (Å²) in [7, 11) is -3.49. The summed E-state index contributed by atoms with van der Waals surface area (Å²) in [4.78, 5) is 4.25. The van der Waals surface area contributed by atoms with Crippen LogP contribution in [0.1, 0.15) is 20.8 Å². The molecular formula is C12H21N3O2S2. The van der Waals surface area contributed by atoms with Gasteiger partial charge in [0.25, 0.3) is 0 Å². The van der Waals surface area contributed by atoms with Gasteiger partial charge in [0, 0.05) is 24.0 Å². The quantitative estimate of drug-likeness (QED) is 0.805. The lowest BCUT2D eigenvalue weighted by Crippen LogP contribution is -2.36. The molecule has 5 nitrogen and oxygen atoms in total. The van der Waals surface area contributed by atoms with Gasteiger partial charge in [-0.05, 0) is 39.2 Å². The van der Waals surface area contributed by atoms with Gasteiger partial charge in [0.15, 0.2) is 0 Å². The number of sulfonamides is 1. The van der Waals surface area contributed by atoms with E-state index in [-0.39, 0.29) is 9.64 Å². The number of anilines is 1. The zero-order chi connectivity index (χ0) is 14.5. The number of nitrogens with zero attached hydrogens (tertiary/aromatic N) is 1. The Hall–Kier alpha value is -0.790. The van der Waals surface area contributed by atoms with Gasteiger partial charge in [0.2, 0.25) is 10.0 Å². The summed E-state index contributed by atoms with van der Waals surface area (Å²) in [6.07, 6.45) is 3.33. The molecular weight excluding hydrogens is 282 g/mol. The van der Waals surface area contributed by atoms with Crippen LogP contribution in [0.3, 0.4) is 0 Å². The SMILES string of the molecule is CCNc1ccc(S(=O)(=O)NCC(C)(C)SC)cn1. The van der Waals surface area contributed by atoms with E-state index in [1.54, 1.807) is 23.9 Å². The lowest BCUT2D eigenvalue weighted by molar-refractivity contribution is 0.570. The van der Waals surface area contributed by atoms with E-state index in [0.29, 0.717) is 12.4 Å². The highest BCUT2D eigenvalue weighted by Crippen LogP contribution is 2.20. The van der Waals surface area contributed by atoms with Crippen molar-refractivity contribution in [1.82, 2.24) is 9.71 Å². The molecule has 0 amide bonds. The van der Waals surface area contributed by atoms with Gasteiger partial charge in [-0.15, -0.1) is 0 Å². The molecule has 1 aromatic rings. The maximum Gasteiger partial charge on any atom is 0.242 e. The van der Waals surface area contributed by atoms with E-state index in [1.807, 2.05) is 27.0 Å². The first-order valence-corrected chi connectivity index (χ1v) is 8.76. The summed E-state index contributed by atoms with van der Waals surface area (Å²) in [5.74, 6) is 0.672. The minimum Gasteiger partial charge on any atom is -0.370 e. The van der Waals surface area contributed by atoms with Crippen LogP contribution < -0.4 is 10.0 Å². The van der Waals surface area contributed by atoms with Crippen LogP contribution in [0.25, 0.3) is 0 Å². The van der Waals surface area contributed by atoms with Crippen LogP contribution in [0.15, 0.2) is 23.2 Å². The van der Waals surface area contributed by atoms with Crippen molar-refractivity contribution in [2.24, 2.45) is 0 Å². The zero-order valence-corrected chi connectivity index (χ0v) is 13.4. The van der Waals surface area contributed by atoms with Crippen LogP contribution in [0, 0.1) is 0 Å². The number of nitrogens with one attached hydrogen (secondary N) is 2. The van der Waals surface area contributed by atoms with E-state index in [0.717, 1.165) is 6.54 Å². The lowest BCUT2D eigenvalue weighted by atomic mass is 10.2. The Morgan fingerprint density at radius 2 is 2.05 bits per heavy atom. The number of hydrogen-bond donors (Lipinski definition) is 2. The number of thioether (sulfide) groups is 1. The second-order valence-corrected chi connectivity index (χ2v) is 7.98. The second kappa shape index (κ2) is 6.58. The Labute approximate surface area is 119 Å². The van der Waals surface area contributed by atoms with Crippen molar-refractivity contribution in [3.05, 3.63) is 18.3 Å². The standard InChI is InChI=1S/C12H21N3O2S2/c1-5-13-11-7-6-10(8-14-11)19(16,17)15-9-12(2,3)18-4/h6-8,15H,5,9H2,1-4H3,(H,13,14). The van der Waals surface area contributed by atoms with Crippen LogP contribution in [-0.2, 0) is 10.0 Å². The summed E-state index contributed by atoms with van der Waals surface area (Å²) in [5, 5.41) is 3.02. The average Bonchev–Trinajstić information content (AvgIpc) is 2.38. The fourth-order valence-electron chi connectivity index (χ4n) is 1.25. The van der Waals surface area contributed by atoms with Crippen LogP contribution >= 0.6 is 11.8 Å². The van der Waals surface area contributed by atoms with Crippen LogP contribution in [0.5, 0.6) is 0 Å². The Bertz CT molecular complexity index is 498. The molecule has 0 saturated carbocycles. The molecule has 1 aromatic heterocycles. The fraction of sp³-hybridized carbons (Fsp3) is 0.583. The maximum absolute atomic E-state index is 12.1. The molecule has 0 saturated heterocycles. The summed E-state index contributed by atoms with van der Waals surface area (Å²) in [6, 6.07) is 3.22. The first-order valence-electron chi connectivity index (χ1n) is 6.05. The average molecular weight is 303 g/mol. The van der Waals surface area contributed by atoms with Gasteiger partial charge in [-0.1, -0.05) is 0 Å². The van der Waals surface area contributed by atoms with Crippen molar-refractivity contribution in [1.29, 1.82) is 0 Å². The summed E-state index contributed by atoms with van der Waals surface area (Å²) < 4.78 is 26.6. The third kappa shape index (κ3) is 5.00. The molecule has 0 bridgehead atoms. The van der Waals surface area contributed by atoms with E-state index < -0.39 is 10.0 Å². The van der Waals surface area contributed by atoms with Crippen molar-refractivity contribution in [3.63, 3.8) is 0 Å². The number of pyridine rings is 1. The molecule has 0 atom stereocenters. The van der Waals surface area contributed by atoms with Gasteiger partial charge in [0.1, 0.15) is 10.7 Å². The molecule has 0 spiro atoms. The van der Waals surface area contributed by atoms with Crippen molar-refractivity contribution in [2.75, 3.05) is 24.7 Å². The molecule has 1 rings (SSSR count). The second-order valence-electron chi connectivity index (χ2n) is 4.70. The Balaban J connectivity index is 2.77. The minimum absolute atomic E-state index is 0.135. The molecule has 0 fully saturated rings. The summed E-state index contributed by atoms with van der Waals surface area (Å²) in [5.41, 5.74) is 0. The Kier molecular flexibility index (Phi) is 5.64. The molecule has 0 aliphatic carbocycles. The van der Waals surface area contributed by atoms with E-state index in [4.69, 9.17) is 0 Å². The number of hydrogen-bond acceptors (Lipinski definition) is 5. The third-order valence-electron chi connectivity index (χ3n) is 2.65. The minimum atomic E-state index is -3.49. The van der Waals surface area contributed by atoms with E-state index in [1.165, 1.54) is 6.20 Å². The van der Waals surface area contributed by atoms with Gasteiger partial charge in [0.05, 0.1) is 0 Å². The molecule has 2 N–H and O–H groups in total. The molecule has 7 heteroatoms. The van der Waals surface area contributed by atoms with Gasteiger partial charge in [-0.3, -0.25) is 0 Å². The zero-order valence-electron chi connectivity index (χ0n) is 11.7. The van der Waals surface area contributed by atoms with Crippen LogP contribution in [0.2, 0.25) is 0 Å². The largest absolute Gasteiger partial charge is 0.370 e. The van der Waals surface area contributed by atoms with Crippen LogP contribution in [0.4, 0.5) is 5.82 Å². The maximum atomic E-state index is 12.1. The predicted octanol–water partition coefficient (Wildman–Crippen LogP) is 1.93. The monoisotopic (exact) mass is 303 g/mol. The van der Waals surface area contributed by atoms with Crippen molar-refractivity contribution < 1.29 is 8.42 Å². The van der Waals surface area contributed by atoms with Crippen molar-refractivity contribution >= 4 is 27.6 Å². The van der Waals surface area contributed by atoms with E-state index >= 15 is 0 Å². The Morgan fingerprint density at radius 1 is 1.37 bits per heavy atom. The normalized spacial score (nSPS) is 12.4. The molecule has 108 valence electrons. The lowest BCUT2D eigenvalue weighted by Gasteiger charge is -2.22. The van der Waals surface area contributed by atoms with Gasteiger partial charge in [-0.25, -0.2) is 18.1 Å². The summed E-state index contributed by atoms with van der Waals surface area (Å²) >= 11 is 1.62. The molecule has 0 unspecified atom stereocenters. The number of aromatic nitrogens is 1. The third-order valence-corrected chi connectivity index (χ3v) is 5.28. The van der Waals surface area contributed by atoms with Crippen molar-refractivity contribution in [2.45, 2.75) is 30.4 Å². The Morgan fingerprint density at radius 3 is 2.53 bits per heavy atom. The van der Waals surface area contributed by atoms with E-state index in [9.17, 15) is 8.42 Å². The molecule has 0 aromatic carbocycles. The van der Waals surface area contributed by atoms with E-state index in [2.05, 4.69) is 15.0 Å². The van der Waals surface area contributed by atoms with Gasteiger partial charge >= 0.3 is 0 Å². The highest BCUT2D eigenvalue weighted by atomic mass is 32.2. The molecule has 0 radical (unpaired) electrons. The molecule has 1 heterocycles. The number of rotatable bonds is 7. The molecule has 19 heavy (non-hydrogen) atoms. The molecule has 0 aliphatic heterocycles. The highest BCUT2D eigenvalue weighted by Gasteiger charge is 2.21. The summed E-state index contributed by atoms with van der Waals surface area (Å²) in [6.45, 7) is 7.07. The predicted molar refractivity (Wildman–Crippen MR) is 81.2 cm³/mol. The van der Waals surface area contributed by atoms with Crippen LogP contribution in [-0.4, -0.2) is 37.5 Å². The van der Waals surface area contributed by atoms with Gasteiger partial charge in [-0.2, -0.15) is 11.8 Å². The smallest absolute Gasteiger partial charge is 0.242 e. The first kappa shape index (κ1) is 16.3. The van der Waals surface area contributed by atoms with Gasteiger partial charge < -0.3 is 5.32 Å². The van der Waals surface area contributed by atoms with Crippen molar-refractivity contribution in [3.8, 4) is 0 Å².